The number of benzene rings is 1. The van der Waals surface area contributed by atoms with Gasteiger partial charge in [0.25, 0.3) is 0 Å². The Balaban J connectivity index is 2.24. The van der Waals surface area contributed by atoms with Gasteiger partial charge in [-0.05, 0) is 30.9 Å². The molecule has 1 aliphatic rings. The zero-order valence-electron chi connectivity index (χ0n) is 10.4. The number of hydrogen-bond donors (Lipinski definition) is 1. The smallest absolute Gasteiger partial charge is 0.0640 e. The average molecular weight is 305 g/mol. The topological polar surface area (TPSA) is 29.3 Å². The molecule has 2 nitrogen and oxygen atoms in total. The van der Waals surface area contributed by atoms with E-state index in [0.29, 0.717) is 22.6 Å². The molecule has 1 saturated heterocycles. The van der Waals surface area contributed by atoms with Gasteiger partial charge in [-0.15, -0.1) is 0 Å². The average Bonchev–Trinajstić information content (AvgIpc) is 2.89. The van der Waals surface area contributed by atoms with Crippen molar-refractivity contribution in [1.29, 1.82) is 0 Å². The van der Waals surface area contributed by atoms with E-state index >= 15 is 0 Å². The van der Waals surface area contributed by atoms with E-state index in [1.165, 1.54) is 17.9 Å². The lowest BCUT2D eigenvalue weighted by Gasteiger charge is -2.32. The Hall–Kier alpha value is 0.0700. The quantitative estimate of drug-likeness (QED) is 0.924. The number of likely N-dealkylation sites (N-methyl/N-ethyl adjacent to an activating group) is 1. The Morgan fingerprint density at radius 3 is 2.89 bits per heavy atom. The second-order valence-electron chi connectivity index (χ2n) is 4.58. The Labute approximate surface area is 123 Å². The summed E-state index contributed by atoms with van der Waals surface area (Å²) in [7, 11) is 2.13. The molecule has 1 heterocycles. The minimum absolute atomic E-state index is 0.139. The molecule has 2 N–H and O–H groups in total. The van der Waals surface area contributed by atoms with E-state index in [0.717, 1.165) is 5.56 Å². The summed E-state index contributed by atoms with van der Waals surface area (Å²) in [5.74, 6) is 2.40. The van der Waals surface area contributed by atoms with Gasteiger partial charge in [0.15, 0.2) is 0 Å². The van der Waals surface area contributed by atoms with Crippen molar-refractivity contribution in [2.24, 2.45) is 5.73 Å². The fraction of sp³-hybridized carbons (Fsp3) is 0.538. The normalized spacial score (nSPS) is 21.5. The summed E-state index contributed by atoms with van der Waals surface area (Å²) in [6, 6.07) is 6.48. The zero-order chi connectivity index (χ0) is 13.1. The van der Waals surface area contributed by atoms with Gasteiger partial charge in [-0.25, -0.2) is 0 Å². The number of thioether (sulfide) groups is 1. The molecular formula is C13H18Cl2N2S. The van der Waals surface area contributed by atoms with Crippen molar-refractivity contribution >= 4 is 35.0 Å². The molecule has 100 valence electrons. The number of halogens is 2. The van der Waals surface area contributed by atoms with Crippen molar-refractivity contribution in [3.8, 4) is 0 Å². The monoisotopic (exact) mass is 304 g/mol. The lowest BCUT2D eigenvalue weighted by atomic mass is 10.0. The van der Waals surface area contributed by atoms with Crippen molar-refractivity contribution < 1.29 is 0 Å². The molecule has 0 spiro atoms. The van der Waals surface area contributed by atoms with E-state index in [1.807, 2.05) is 30.0 Å². The fourth-order valence-corrected chi connectivity index (χ4v) is 4.10. The van der Waals surface area contributed by atoms with Gasteiger partial charge in [0, 0.05) is 24.4 Å². The van der Waals surface area contributed by atoms with Gasteiger partial charge < -0.3 is 5.73 Å². The van der Waals surface area contributed by atoms with Crippen LogP contribution in [-0.2, 0) is 0 Å². The van der Waals surface area contributed by atoms with Crippen LogP contribution in [0.1, 0.15) is 18.0 Å². The van der Waals surface area contributed by atoms with Crippen LogP contribution in [0.25, 0.3) is 0 Å². The lowest BCUT2D eigenvalue weighted by Crippen LogP contribution is -2.38. The van der Waals surface area contributed by atoms with Crippen LogP contribution in [-0.4, -0.2) is 36.0 Å². The van der Waals surface area contributed by atoms with E-state index in [2.05, 4.69) is 11.9 Å². The summed E-state index contributed by atoms with van der Waals surface area (Å²) >= 11 is 14.4. The highest BCUT2D eigenvalue weighted by atomic mass is 35.5. The molecule has 5 heteroatoms. The van der Waals surface area contributed by atoms with Crippen molar-refractivity contribution in [3.63, 3.8) is 0 Å². The summed E-state index contributed by atoms with van der Waals surface area (Å²) in [6.07, 6.45) is 1.22. The van der Waals surface area contributed by atoms with Gasteiger partial charge in [0.2, 0.25) is 0 Å². The Morgan fingerprint density at radius 1 is 1.50 bits per heavy atom. The van der Waals surface area contributed by atoms with E-state index < -0.39 is 0 Å². The van der Waals surface area contributed by atoms with Crippen LogP contribution in [0.4, 0.5) is 0 Å². The summed E-state index contributed by atoms with van der Waals surface area (Å²) in [4.78, 5) is 2.34. The van der Waals surface area contributed by atoms with Crippen LogP contribution in [0.3, 0.4) is 0 Å². The van der Waals surface area contributed by atoms with Gasteiger partial charge in [-0.3, -0.25) is 4.90 Å². The molecule has 1 aromatic rings. The highest BCUT2D eigenvalue weighted by Crippen LogP contribution is 2.34. The molecule has 2 unspecified atom stereocenters. The molecule has 0 aliphatic carbocycles. The first-order chi connectivity index (χ1) is 8.65. The Morgan fingerprint density at radius 2 is 2.28 bits per heavy atom. The molecule has 1 aliphatic heterocycles. The van der Waals surface area contributed by atoms with Crippen LogP contribution >= 0.6 is 35.0 Å². The summed E-state index contributed by atoms with van der Waals surface area (Å²) < 4.78 is 0. The molecule has 2 atom stereocenters. The third-order valence-corrected chi connectivity index (χ3v) is 5.52. The van der Waals surface area contributed by atoms with E-state index in [9.17, 15) is 0 Å². The maximum Gasteiger partial charge on any atom is 0.0640 e. The van der Waals surface area contributed by atoms with Gasteiger partial charge in [0.1, 0.15) is 0 Å². The van der Waals surface area contributed by atoms with E-state index in [1.54, 1.807) is 0 Å². The first-order valence-corrected chi connectivity index (χ1v) is 8.00. The molecule has 0 aromatic heterocycles. The second-order valence-corrected chi connectivity index (χ2v) is 6.51. The molecule has 1 aromatic carbocycles. The maximum atomic E-state index is 6.30. The third kappa shape index (κ3) is 2.97. The number of nitrogens with two attached hydrogens (primary N) is 1. The summed E-state index contributed by atoms with van der Waals surface area (Å²) in [6.45, 7) is 0.553. The largest absolute Gasteiger partial charge is 0.329 e. The van der Waals surface area contributed by atoms with Gasteiger partial charge in [-0.2, -0.15) is 11.8 Å². The zero-order valence-corrected chi connectivity index (χ0v) is 12.7. The molecule has 2 rings (SSSR count). The highest BCUT2D eigenvalue weighted by molar-refractivity contribution is 7.99. The fourth-order valence-electron chi connectivity index (χ4n) is 2.39. The highest BCUT2D eigenvalue weighted by Gasteiger charge is 2.27. The van der Waals surface area contributed by atoms with Gasteiger partial charge >= 0.3 is 0 Å². The minimum atomic E-state index is 0.139. The first kappa shape index (κ1) is 14.5. The standard InChI is InChI=1S/C13H18Cl2N2S/c1-17(9-5-6-18-8-9)12(7-16)10-3-2-4-11(14)13(10)15/h2-4,9,12H,5-8,16H2,1H3. The van der Waals surface area contributed by atoms with Crippen LogP contribution in [0, 0.1) is 0 Å². The van der Waals surface area contributed by atoms with Gasteiger partial charge in [0.05, 0.1) is 10.0 Å². The number of nitrogens with zero attached hydrogens (tertiary/aromatic N) is 1. The summed E-state index contributed by atoms with van der Waals surface area (Å²) in [5.41, 5.74) is 6.98. The summed E-state index contributed by atoms with van der Waals surface area (Å²) in [5, 5.41) is 1.23. The Bertz CT molecular complexity index is 408. The van der Waals surface area contributed by atoms with Crippen molar-refractivity contribution in [2.45, 2.75) is 18.5 Å². The molecule has 0 amide bonds. The minimum Gasteiger partial charge on any atom is -0.329 e. The predicted molar refractivity (Wildman–Crippen MR) is 81.8 cm³/mol. The molecule has 0 bridgehead atoms. The molecule has 0 radical (unpaired) electrons. The van der Waals surface area contributed by atoms with Crippen LogP contribution < -0.4 is 5.73 Å². The predicted octanol–water partition coefficient (Wildman–Crippen LogP) is 3.43. The molecular weight excluding hydrogens is 287 g/mol. The Kier molecular flexibility index (Phi) is 5.22. The van der Waals surface area contributed by atoms with E-state index in [-0.39, 0.29) is 6.04 Å². The number of hydrogen-bond acceptors (Lipinski definition) is 3. The van der Waals surface area contributed by atoms with Crippen molar-refractivity contribution in [2.75, 3.05) is 25.1 Å². The maximum absolute atomic E-state index is 6.30. The van der Waals surface area contributed by atoms with Crippen LogP contribution in [0.2, 0.25) is 10.0 Å². The number of rotatable bonds is 4. The van der Waals surface area contributed by atoms with Gasteiger partial charge in [-0.1, -0.05) is 35.3 Å². The van der Waals surface area contributed by atoms with Crippen molar-refractivity contribution in [1.82, 2.24) is 4.90 Å². The van der Waals surface area contributed by atoms with E-state index in [4.69, 9.17) is 28.9 Å². The second kappa shape index (κ2) is 6.49. The first-order valence-electron chi connectivity index (χ1n) is 6.08. The van der Waals surface area contributed by atoms with Crippen LogP contribution in [0.15, 0.2) is 18.2 Å². The van der Waals surface area contributed by atoms with Crippen LogP contribution in [0.5, 0.6) is 0 Å². The molecule has 1 fully saturated rings. The lowest BCUT2D eigenvalue weighted by molar-refractivity contribution is 0.193. The SMILES string of the molecule is CN(C1CCSC1)C(CN)c1cccc(Cl)c1Cl. The molecule has 18 heavy (non-hydrogen) atoms. The third-order valence-electron chi connectivity index (χ3n) is 3.54. The molecule has 0 saturated carbocycles. The van der Waals surface area contributed by atoms with Crippen molar-refractivity contribution in [3.05, 3.63) is 33.8 Å².